The second-order valence-electron chi connectivity index (χ2n) is 5.26. The van der Waals surface area contributed by atoms with Crippen LogP contribution >= 0.6 is 0 Å². The maximum absolute atomic E-state index is 11.9. The molecule has 0 fully saturated rings. The number of benzene rings is 1. The fourth-order valence-corrected chi connectivity index (χ4v) is 2.20. The highest BCUT2D eigenvalue weighted by molar-refractivity contribution is 5.91. The van der Waals surface area contributed by atoms with Crippen molar-refractivity contribution in [3.8, 4) is 0 Å². The van der Waals surface area contributed by atoms with Gasteiger partial charge < -0.3 is 10.4 Å². The number of hydrogen-bond acceptors (Lipinski definition) is 2. The van der Waals surface area contributed by atoms with E-state index in [0.29, 0.717) is 12.8 Å². The largest absolute Gasteiger partial charge is 0.481 e. The van der Waals surface area contributed by atoms with E-state index in [-0.39, 0.29) is 12.3 Å². The lowest BCUT2D eigenvalue weighted by molar-refractivity contribution is -0.136. The molecule has 21 heavy (non-hydrogen) atoms. The zero-order chi connectivity index (χ0) is 15.5. The molecule has 1 amide bonds. The topological polar surface area (TPSA) is 66.4 Å². The summed E-state index contributed by atoms with van der Waals surface area (Å²) in [6.45, 7) is 2.17. The van der Waals surface area contributed by atoms with Crippen LogP contribution in [0.4, 0.5) is 5.69 Å². The van der Waals surface area contributed by atoms with Crippen LogP contribution in [0.1, 0.15) is 57.4 Å². The Bertz CT molecular complexity index is 457. The fraction of sp³-hybridized carbons (Fsp3) is 0.529. The van der Waals surface area contributed by atoms with Crippen LogP contribution in [0.15, 0.2) is 24.3 Å². The Morgan fingerprint density at radius 2 is 1.76 bits per heavy atom. The Hall–Kier alpha value is -1.84. The number of hydrogen-bond donors (Lipinski definition) is 2. The molecule has 0 aliphatic rings. The summed E-state index contributed by atoms with van der Waals surface area (Å²) >= 11 is 0. The molecule has 0 heterocycles. The average molecular weight is 291 g/mol. The molecule has 0 unspecified atom stereocenters. The van der Waals surface area contributed by atoms with E-state index in [4.69, 9.17) is 5.11 Å². The van der Waals surface area contributed by atoms with Crippen molar-refractivity contribution in [2.24, 2.45) is 0 Å². The van der Waals surface area contributed by atoms with Gasteiger partial charge in [-0.15, -0.1) is 0 Å². The van der Waals surface area contributed by atoms with Crippen molar-refractivity contribution in [2.45, 2.75) is 58.3 Å². The molecule has 4 nitrogen and oxygen atoms in total. The van der Waals surface area contributed by atoms with Crippen molar-refractivity contribution in [3.05, 3.63) is 29.8 Å². The standard InChI is InChI=1S/C17H25NO3/c1-2-3-4-5-6-11-16(19)18-15-10-8-7-9-14(15)12-13-17(20)21/h7-10H,2-6,11-13H2,1H3,(H,18,19)(H,20,21). The van der Waals surface area contributed by atoms with E-state index < -0.39 is 5.97 Å². The molecular weight excluding hydrogens is 266 g/mol. The number of carbonyl (C=O) groups excluding carboxylic acids is 1. The quantitative estimate of drug-likeness (QED) is 0.640. The van der Waals surface area contributed by atoms with E-state index in [2.05, 4.69) is 12.2 Å². The van der Waals surface area contributed by atoms with Gasteiger partial charge in [0, 0.05) is 18.5 Å². The first kappa shape index (κ1) is 17.2. The molecular formula is C17H25NO3. The first-order valence-corrected chi connectivity index (χ1v) is 7.73. The highest BCUT2D eigenvalue weighted by Gasteiger charge is 2.07. The zero-order valence-electron chi connectivity index (χ0n) is 12.7. The highest BCUT2D eigenvalue weighted by atomic mass is 16.4. The van der Waals surface area contributed by atoms with Crippen LogP contribution in [0.25, 0.3) is 0 Å². The third-order valence-corrected chi connectivity index (χ3v) is 3.41. The van der Waals surface area contributed by atoms with Gasteiger partial charge in [-0.2, -0.15) is 0 Å². The third kappa shape index (κ3) is 7.49. The first-order chi connectivity index (χ1) is 10.1. The summed E-state index contributed by atoms with van der Waals surface area (Å²) in [6, 6.07) is 7.39. The lowest BCUT2D eigenvalue weighted by atomic mass is 10.1. The molecule has 0 spiro atoms. The number of anilines is 1. The number of aliphatic carboxylic acids is 1. The van der Waals surface area contributed by atoms with Gasteiger partial charge in [0.1, 0.15) is 0 Å². The Labute approximate surface area is 126 Å². The van der Waals surface area contributed by atoms with Crippen LogP contribution in [0.3, 0.4) is 0 Å². The number of amides is 1. The monoisotopic (exact) mass is 291 g/mol. The fourth-order valence-electron chi connectivity index (χ4n) is 2.20. The summed E-state index contributed by atoms with van der Waals surface area (Å²) in [5.74, 6) is -0.818. The van der Waals surface area contributed by atoms with Gasteiger partial charge in [0.25, 0.3) is 0 Å². The number of carbonyl (C=O) groups is 2. The summed E-state index contributed by atoms with van der Waals surface area (Å²) in [7, 11) is 0. The van der Waals surface area contributed by atoms with E-state index in [1.807, 2.05) is 24.3 Å². The summed E-state index contributed by atoms with van der Waals surface area (Å²) < 4.78 is 0. The SMILES string of the molecule is CCCCCCCC(=O)Nc1ccccc1CCC(=O)O. The normalized spacial score (nSPS) is 10.3. The van der Waals surface area contributed by atoms with E-state index in [0.717, 1.165) is 24.1 Å². The highest BCUT2D eigenvalue weighted by Crippen LogP contribution is 2.17. The number of carboxylic acid groups (broad SMARTS) is 1. The van der Waals surface area contributed by atoms with Gasteiger partial charge >= 0.3 is 5.97 Å². The molecule has 1 aromatic carbocycles. The molecule has 0 bridgehead atoms. The zero-order valence-corrected chi connectivity index (χ0v) is 12.7. The van der Waals surface area contributed by atoms with Gasteiger partial charge in [0.05, 0.1) is 0 Å². The van der Waals surface area contributed by atoms with Crippen LogP contribution in [0, 0.1) is 0 Å². The van der Waals surface area contributed by atoms with Crippen LogP contribution in [-0.4, -0.2) is 17.0 Å². The summed E-state index contributed by atoms with van der Waals surface area (Å²) in [6.07, 6.45) is 6.62. The molecule has 0 aliphatic heterocycles. The van der Waals surface area contributed by atoms with Gasteiger partial charge in [0.2, 0.25) is 5.91 Å². The minimum Gasteiger partial charge on any atom is -0.481 e. The molecule has 0 aliphatic carbocycles. The second-order valence-corrected chi connectivity index (χ2v) is 5.26. The van der Waals surface area contributed by atoms with Crippen molar-refractivity contribution in [3.63, 3.8) is 0 Å². The lowest BCUT2D eigenvalue weighted by Crippen LogP contribution is -2.13. The Balaban J connectivity index is 2.42. The van der Waals surface area contributed by atoms with Crippen molar-refractivity contribution >= 4 is 17.6 Å². The number of para-hydroxylation sites is 1. The maximum atomic E-state index is 11.9. The number of carboxylic acids is 1. The molecule has 0 atom stereocenters. The maximum Gasteiger partial charge on any atom is 0.303 e. The van der Waals surface area contributed by atoms with Crippen LogP contribution in [0.5, 0.6) is 0 Å². The lowest BCUT2D eigenvalue weighted by Gasteiger charge is -2.10. The number of rotatable bonds is 10. The molecule has 0 radical (unpaired) electrons. The van der Waals surface area contributed by atoms with Gasteiger partial charge in [-0.1, -0.05) is 50.8 Å². The van der Waals surface area contributed by atoms with E-state index in [1.54, 1.807) is 0 Å². The third-order valence-electron chi connectivity index (χ3n) is 3.41. The predicted octanol–water partition coefficient (Wildman–Crippen LogP) is 4.00. The molecule has 116 valence electrons. The molecule has 0 saturated heterocycles. The molecule has 0 saturated carbocycles. The van der Waals surface area contributed by atoms with Crippen molar-refractivity contribution in [1.29, 1.82) is 0 Å². The molecule has 2 N–H and O–H groups in total. The minimum absolute atomic E-state index is 0.00859. The van der Waals surface area contributed by atoms with Gasteiger partial charge in [-0.05, 0) is 24.5 Å². The van der Waals surface area contributed by atoms with Crippen LogP contribution in [-0.2, 0) is 16.0 Å². The second kappa shape index (κ2) is 9.97. The van der Waals surface area contributed by atoms with Crippen molar-refractivity contribution < 1.29 is 14.7 Å². The summed E-state index contributed by atoms with van der Waals surface area (Å²) in [4.78, 5) is 22.6. The average Bonchev–Trinajstić information content (AvgIpc) is 2.46. The first-order valence-electron chi connectivity index (χ1n) is 7.73. The molecule has 1 aromatic rings. The molecule has 4 heteroatoms. The van der Waals surface area contributed by atoms with Crippen LogP contribution in [0.2, 0.25) is 0 Å². The van der Waals surface area contributed by atoms with Crippen molar-refractivity contribution in [1.82, 2.24) is 0 Å². The Morgan fingerprint density at radius 1 is 1.05 bits per heavy atom. The smallest absolute Gasteiger partial charge is 0.303 e. The molecule has 0 aromatic heterocycles. The van der Waals surface area contributed by atoms with E-state index in [1.165, 1.54) is 19.3 Å². The predicted molar refractivity (Wildman–Crippen MR) is 84.4 cm³/mol. The van der Waals surface area contributed by atoms with Crippen LogP contribution < -0.4 is 5.32 Å². The van der Waals surface area contributed by atoms with E-state index >= 15 is 0 Å². The number of unbranched alkanes of at least 4 members (excludes halogenated alkanes) is 4. The van der Waals surface area contributed by atoms with Gasteiger partial charge in [-0.25, -0.2) is 0 Å². The summed E-state index contributed by atoms with van der Waals surface area (Å²) in [5, 5.41) is 11.6. The Kier molecular flexibility index (Phi) is 8.17. The van der Waals surface area contributed by atoms with Crippen molar-refractivity contribution in [2.75, 3.05) is 5.32 Å². The van der Waals surface area contributed by atoms with Gasteiger partial charge in [0.15, 0.2) is 0 Å². The Morgan fingerprint density at radius 3 is 2.48 bits per heavy atom. The molecule has 1 rings (SSSR count). The van der Waals surface area contributed by atoms with Gasteiger partial charge in [-0.3, -0.25) is 9.59 Å². The number of aryl methyl sites for hydroxylation is 1. The number of nitrogens with one attached hydrogen (secondary N) is 1. The van der Waals surface area contributed by atoms with E-state index in [9.17, 15) is 9.59 Å². The minimum atomic E-state index is -0.827. The summed E-state index contributed by atoms with van der Waals surface area (Å²) in [5.41, 5.74) is 1.61.